The lowest BCUT2D eigenvalue weighted by molar-refractivity contribution is -0.136. The molecule has 0 aliphatic heterocycles. The number of hydrogen-bond donors (Lipinski definition) is 2. The van der Waals surface area contributed by atoms with Crippen LogP contribution in [0.25, 0.3) is 10.8 Å². The average Bonchev–Trinajstić information content (AvgIpc) is 2.27. The van der Waals surface area contributed by atoms with E-state index >= 15 is 0 Å². The van der Waals surface area contributed by atoms with E-state index in [0.717, 1.165) is 5.39 Å². The number of hydrogen-bond acceptors (Lipinski definition) is 3. The van der Waals surface area contributed by atoms with E-state index in [2.05, 4.69) is 10.3 Å². The van der Waals surface area contributed by atoms with Gasteiger partial charge in [-0.3, -0.25) is 0 Å². The molecule has 0 aliphatic rings. The SMILES string of the molecule is CC(CC(F)(F)F)Nc1nccc2ccc(O)cc12. The Labute approximate surface area is 108 Å². The molecule has 0 bridgehead atoms. The van der Waals surface area contributed by atoms with Crippen molar-refractivity contribution in [3.05, 3.63) is 30.5 Å². The predicted molar refractivity (Wildman–Crippen MR) is 67.2 cm³/mol. The molecule has 2 aromatic rings. The number of anilines is 1. The summed E-state index contributed by atoms with van der Waals surface area (Å²) in [5, 5.41) is 13.6. The van der Waals surface area contributed by atoms with Gasteiger partial charge >= 0.3 is 6.18 Å². The summed E-state index contributed by atoms with van der Waals surface area (Å²) in [7, 11) is 0. The van der Waals surface area contributed by atoms with Gasteiger partial charge < -0.3 is 10.4 Å². The van der Waals surface area contributed by atoms with Gasteiger partial charge in [-0.25, -0.2) is 4.98 Å². The molecule has 0 fully saturated rings. The first kappa shape index (κ1) is 13.5. The second-order valence-corrected chi connectivity index (χ2v) is 4.43. The lowest BCUT2D eigenvalue weighted by Crippen LogP contribution is -2.24. The molecule has 2 rings (SSSR count). The molecule has 2 N–H and O–H groups in total. The third kappa shape index (κ3) is 3.49. The Bertz CT molecular complexity index is 584. The molecule has 1 aromatic carbocycles. The molecule has 0 radical (unpaired) electrons. The van der Waals surface area contributed by atoms with Crippen molar-refractivity contribution in [2.24, 2.45) is 0 Å². The molecular weight excluding hydrogens is 257 g/mol. The summed E-state index contributed by atoms with van der Waals surface area (Å²) in [6.07, 6.45) is -3.65. The molecule has 1 heterocycles. The number of nitrogens with zero attached hydrogens (tertiary/aromatic N) is 1. The van der Waals surface area contributed by atoms with Crippen LogP contribution < -0.4 is 5.32 Å². The summed E-state index contributed by atoms with van der Waals surface area (Å²) in [5.74, 6) is 0.386. The smallest absolute Gasteiger partial charge is 0.391 e. The Hall–Kier alpha value is -1.98. The van der Waals surface area contributed by atoms with E-state index in [1.807, 2.05) is 0 Å². The fourth-order valence-electron chi connectivity index (χ4n) is 1.90. The van der Waals surface area contributed by atoms with E-state index in [0.29, 0.717) is 11.2 Å². The van der Waals surface area contributed by atoms with Gasteiger partial charge in [0.15, 0.2) is 0 Å². The summed E-state index contributed by atoms with van der Waals surface area (Å²) in [5.41, 5.74) is 0. The molecule has 0 aliphatic carbocycles. The van der Waals surface area contributed by atoms with E-state index in [9.17, 15) is 18.3 Å². The second kappa shape index (κ2) is 4.95. The maximum absolute atomic E-state index is 12.3. The van der Waals surface area contributed by atoms with Crippen molar-refractivity contribution in [3.63, 3.8) is 0 Å². The van der Waals surface area contributed by atoms with Crippen molar-refractivity contribution in [1.29, 1.82) is 0 Å². The number of pyridine rings is 1. The van der Waals surface area contributed by atoms with Crippen molar-refractivity contribution in [2.75, 3.05) is 5.32 Å². The van der Waals surface area contributed by atoms with E-state index in [1.54, 1.807) is 12.1 Å². The molecular formula is C13H13F3N2O. The molecule has 1 aromatic heterocycles. The number of halogens is 3. The minimum atomic E-state index is -4.22. The van der Waals surface area contributed by atoms with E-state index in [-0.39, 0.29) is 5.75 Å². The van der Waals surface area contributed by atoms with Crippen LogP contribution in [0, 0.1) is 0 Å². The molecule has 3 nitrogen and oxygen atoms in total. The monoisotopic (exact) mass is 270 g/mol. The minimum absolute atomic E-state index is 0.0482. The lowest BCUT2D eigenvalue weighted by atomic mass is 10.1. The quantitative estimate of drug-likeness (QED) is 0.894. The Morgan fingerprint density at radius 2 is 2.05 bits per heavy atom. The van der Waals surface area contributed by atoms with Gasteiger partial charge in [0.2, 0.25) is 0 Å². The largest absolute Gasteiger partial charge is 0.508 e. The summed E-state index contributed by atoms with van der Waals surface area (Å²) in [6, 6.07) is 5.62. The molecule has 0 amide bonds. The predicted octanol–water partition coefficient (Wildman–Crippen LogP) is 3.69. The molecule has 1 atom stereocenters. The van der Waals surface area contributed by atoms with Crippen molar-refractivity contribution in [2.45, 2.75) is 25.6 Å². The molecule has 102 valence electrons. The highest BCUT2D eigenvalue weighted by atomic mass is 19.4. The van der Waals surface area contributed by atoms with Gasteiger partial charge in [-0.05, 0) is 30.5 Å². The highest BCUT2D eigenvalue weighted by Gasteiger charge is 2.30. The summed E-state index contributed by atoms with van der Waals surface area (Å²) < 4.78 is 36.9. The standard InChI is InChI=1S/C13H13F3N2O/c1-8(7-13(14,15)16)18-12-11-6-10(19)3-2-9(11)4-5-17-12/h2-6,8,19H,7H2,1H3,(H,17,18). The van der Waals surface area contributed by atoms with Gasteiger partial charge in [0.1, 0.15) is 11.6 Å². The maximum atomic E-state index is 12.3. The van der Waals surface area contributed by atoms with Gasteiger partial charge in [0.05, 0.1) is 6.42 Å². The zero-order valence-corrected chi connectivity index (χ0v) is 10.2. The number of fused-ring (bicyclic) bond motifs is 1. The number of rotatable bonds is 3. The third-order valence-electron chi connectivity index (χ3n) is 2.67. The maximum Gasteiger partial charge on any atom is 0.391 e. The van der Waals surface area contributed by atoms with Gasteiger partial charge in [-0.15, -0.1) is 0 Å². The molecule has 6 heteroatoms. The fraction of sp³-hybridized carbons (Fsp3) is 0.308. The number of nitrogens with one attached hydrogen (secondary N) is 1. The summed E-state index contributed by atoms with van der Waals surface area (Å²) >= 11 is 0. The number of phenols is 1. The van der Waals surface area contributed by atoms with Crippen LogP contribution in [0.3, 0.4) is 0 Å². The van der Waals surface area contributed by atoms with Crippen LogP contribution in [0.2, 0.25) is 0 Å². The number of phenolic OH excluding ortho intramolecular Hbond substituents is 1. The van der Waals surface area contributed by atoms with Crippen molar-refractivity contribution in [3.8, 4) is 5.75 Å². The topological polar surface area (TPSA) is 45.2 Å². The van der Waals surface area contributed by atoms with Crippen LogP contribution in [0.15, 0.2) is 30.5 Å². The normalized spacial score (nSPS) is 13.5. The first-order valence-electron chi connectivity index (χ1n) is 5.76. The Kier molecular flexibility index (Phi) is 3.50. The number of aromatic nitrogens is 1. The molecule has 0 saturated carbocycles. The highest BCUT2D eigenvalue weighted by molar-refractivity contribution is 5.92. The number of alkyl halides is 3. The van der Waals surface area contributed by atoms with Crippen LogP contribution in [0.4, 0.5) is 19.0 Å². The van der Waals surface area contributed by atoms with Crippen molar-refractivity contribution >= 4 is 16.6 Å². The Balaban J connectivity index is 2.27. The van der Waals surface area contributed by atoms with Crippen LogP contribution in [0.5, 0.6) is 5.75 Å². The van der Waals surface area contributed by atoms with Gasteiger partial charge in [-0.2, -0.15) is 13.2 Å². The second-order valence-electron chi connectivity index (χ2n) is 4.43. The minimum Gasteiger partial charge on any atom is -0.508 e. The van der Waals surface area contributed by atoms with Gasteiger partial charge in [-0.1, -0.05) is 6.07 Å². The van der Waals surface area contributed by atoms with Gasteiger partial charge in [0, 0.05) is 17.6 Å². The fourth-order valence-corrected chi connectivity index (χ4v) is 1.90. The third-order valence-corrected chi connectivity index (χ3v) is 2.67. The molecule has 0 spiro atoms. The highest BCUT2D eigenvalue weighted by Crippen LogP contribution is 2.27. The first-order valence-corrected chi connectivity index (χ1v) is 5.76. The summed E-state index contributed by atoms with van der Waals surface area (Å²) in [6.45, 7) is 1.44. The molecule has 0 saturated heterocycles. The van der Waals surface area contributed by atoms with E-state index in [1.165, 1.54) is 25.3 Å². The van der Waals surface area contributed by atoms with E-state index in [4.69, 9.17) is 0 Å². The number of benzene rings is 1. The zero-order valence-electron chi connectivity index (χ0n) is 10.2. The Morgan fingerprint density at radius 3 is 2.74 bits per heavy atom. The van der Waals surface area contributed by atoms with Crippen molar-refractivity contribution < 1.29 is 18.3 Å². The van der Waals surface area contributed by atoms with Crippen LogP contribution in [-0.2, 0) is 0 Å². The average molecular weight is 270 g/mol. The Morgan fingerprint density at radius 1 is 1.32 bits per heavy atom. The van der Waals surface area contributed by atoms with Crippen LogP contribution in [0.1, 0.15) is 13.3 Å². The van der Waals surface area contributed by atoms with Crippen molar-refractivity contribution in [1.82, 2.24) is 4.98 Å². The van der Waals surface area contributed by atoms with Gasteiger partial charge in [0.25, 0.3) is 0 Å². The van der Waals surface area contributed by atoms with Crippen LogP contribution in [-0.4, -0.2) is 22.3 Å². The first-order chi connectivity index (χ1) is 8.85. The zero-order chi connectivity index (χ0) is 14.0. The number of aromatic hydroxyl groups is 1. The lowest BCUT2D eigenvalue weighted by Gasteiger charge is -2.17. The van der Waals surface area contributed by atoms with Crippen LogP contribution >= 0.6 is 0 Å². The summed E-state index contributed by atoms with van der Waals surface area (Å²) in [4.78, 5) is 4.03. The molecule has 19 heavy (non-hydrogen) atoms. The van der Waals surface area contributed by atoms with E-state index < -0.39 is 18.6 Å². The molecule has 1 unspecified atom stereocenters.